The lowest BCUT2D eigenvalue weighted by atomic mass is 10.1. The van der Waals surface area contributed by atoms with Gasteiger partial charge in [0, 0.05) is 18.8 Å². The molecule has 3 aromatic rings. The van der Waals surface area contributed by atoms with E-state index in [0.29, 0.717) is 16.7 Å². The third-order valence-corrected chi connectivity index (χ3v) is 5.56. The van der Waals surface area contributed by atoms with Gasteiger partial charge in [-0.1, -0.05) is 13.0 Å². The minimum atomic E-state index is -0.0586. The molecule has 1 aliphatic rings. The highest BCUT2D eigenvalue weighted by Crippen LogP contribution is 2.25. The van der Waals surface area contributed by atoms with Crippen LogP contribution in [0.15, 0.2) is 29.8 Å². The fraction of sp³-hybridized carbons (Fsp3) is 0.389. The molecule has 0 radical (unpaired) electrons. The second kappa shape index (κ2) is 6.93. The predicted molar refractivity (Wildman–Crippen MR) is 99.8 cm³/mol. The van der Waals surface area contributed by atoms with E-state index in [1.165, 1.54) is 0 Å². The second-order valence-corrected chi connectivity index (χ2v) is 7.27. The highest BCUT2D eigenvalue weighted by atomic mass is 32.1. The lowest BCUT2D eigenvalue weighted by Crippen LogP contribution is -2.47. The van der Waals surface area contributed by atoms with E-state index in [1.54, 1.807) is 23.6 Å². The molecular formula is C18H21N5OS. The summed E-state index contributed by atoms with van der Waals surface area (Å²) >= 11 is 1.61. The number of likely N-dealkylation sites (N-methyl/N-ethyl adjacent to an activating group) is 1. The molecule has 0 bridgehead atoms. The monoisotopic (exact) mass is 355 g/mol. The number of rotatable bonds is 4. The summed E-state index contributed by atoms with van der Waals surface area (Å²) in [6.45, 7) is 5.22. The summed E-state index contributed by atoms with van der Waals surface area (Å²) in [5.41, 5.74) is 1.88. The molecule has 2 N–H and O–H groups in total. The number of nitrogens with zero attached hydrogens (tertiary/aromatic N) is 3. The molecule has 25 heavy (non-hydrogen) atoms. The summed E-state index contributed by atoms with van der Waals surface area (Å²) in [4.78, 5) is 28.3. The van der Waals surface area contributed by atoms with Gasteiger partial charge in [-0.15, -0.1) is 11.3 Å². The molecular weight excluding hydrogens is 334 g/mol. The summed E-state index contributed by atoms with van der Waals surface area (Å²) in [5.74, 6) is 0.698. The van der Waals surface area contributed by atoms with Crippen LogP contribution >= 0.6 is 11.3 Å². The Hall–Kier alpha value is -2.25. The number of pyridine rings is 1. The van der Waals surface area contributed by atoms with Gasteiger partial charge in [0.25, 0.3) is 5.91 Å². The van der Waals surface area contributed by atoms with Crippen molar-refractivity contribution in [3.63, 3.8) is 0 Å². The lowest BCUT2D eigenvalue weighted by Gasteiger charge is -2.32. The Morgan fingerprint density at radius 1 is 1.48 bits per heavy atom. The van der Waals surface area contributed by atoms with Gasteiger partial charge in [0.2, 0.25) is 0 Å². The van der Waals surface area contributed by atoms with Crippen LogP contribution in [0.3, 0.4) is 0 Å². The van der Waals surface area contributed by atoms with Gasteiger partial charge < -0.3 is 15.2 Å². The molecule has 0 spiro atoms. The van der Waals surface area contributed by atoms with Gasteiger partial charge in [-0.3, -0.25) is 4.79 Å². The van der Waals surface area contributed by atoms with Gasteiger partial charge >= 0.3 is 0 Å². The van der Waals surface area contributed by atoms with E-state index in [4.69, 9.17) is 0 Å². The number of hydrogen-bond acceptors (Lipinski definition) is 5. The molecule has 4 rings (SSSR count). The van der Waals surface area contributed by atoms with Crippen LogP contribution in [0.4, 0.5) is 0 Å². The largest absolute Gasteiger partial charge is 0.348 e. The van der Waals surface area contributed by atoms with Gasteiger partial charge in [0.15, 0.2) is 11.5 Å². The van der Waals surface area contributed by atoms with E-state index in [2.05, 4.69) is 32.1 Å². The Labute approximate surface area is 150 Å². The highest BCUT2D eigenvalue weighted by Gasteiger charge is 2.22. The minimum absolute atomic E-state index is 0.0586. The Morgan fingerprint density at radius 3 is 3.20 bits per heavy atom. The molecule has 4 heterocycles. The number of thiophene rings is 1. The number of imidazole rings is 1. The van der Waals surface area contributed by atoms with Crippen LogP contribution < -0.4 is 5.32 Å². The summed E-state index contributed by atoms with van der Waals surface area (Å²) in [6.07, 6.45) is 3.80. The van der Waals surface area contributed by atoms with Gasteiger partial charge in [-0.25, -0.2) is 9.97 Å². The molecule has 1 atom stereocenters. The third kappa shape index (κ3) is 3.29. The van der Waals surface area contributed by atoms with E-state index in [1.807, 2.05) is 17.5 Å². The number of nitrogens with one attached hydrogen (secondary N) is 2. The maximum absolute atomic E-state index is 12.8. The number of hydrogen-bond donors (Lipinski definition) is 2. The van der Waals surface area contributed by atoms with E-state index in [9.17, 15) is 4.79 Å². The maximum atomic E-state index is 12.8. The molecule has 1 unspecified atom stereocenters. The Morgan fingerprint density at radius 2 is 2.40 bits per heavy atom. The van der Waals surface area contributed by atoms with Crippen molar-refractivity contribution in [2.75, 3.05) is 19.6 Å². The van der Waals surface area contributed by atoms with Crippen molar-refractivity contribution in [3.8, 4) is 10.7 Å². The molecule has 1 aliphatic heterocycles. The van der Waals surface area contributed by atoms with Crippen LogP contribution in [0.1, 0.15) is 30.1 Å². The minimum Gasteiger partial charge on any atom is -0.348 e. The van der Waals surface area contributed by atoms with Crippen molar-refractivity contribution < 1.29 is 4.79 Å². The summed E-state index contributed by atoms with van der Waals surface area (Å²) in [7, 11) is 0. The van der Waals surface area contributed by atoms with Gasteiger partial charge in [0.1, 0.15) is 0 Å². The predicted octanol–water partition coefficient (Wildman–Crippen LogP) is 2.90. The summed E-state index contributed by atoms with van der Waals surface area (Å²) < 4.78 is 0. The fourth-order valence-electron chi connectivity index (χ4n) is 3.35. The first-order chi connectivity index (χ1) is 12.2. The van der Waals surface area contributed by atoms with Crippen molar-refractivity contribution in [3.05, 3.63) is 35.3 Å². The molecule has 1 amide bonds. The Bertz CT molecular complexity index is 873. The van der Waals surface area contributed by atoms with Crippen LogP contribution in [0.2, 0.25) is 0 Å². The SMILES string of the molecule is CCN1CCCC(NC(=O)c2ccnc3nc(-c4cccs4)[nH]c23)C1. The van der Waals surface area contributed by atoms with Crippen LogP contribution in [0, 0.1) is 0 Å². The first-order valence-corrected chi connectivity index (χ1v) is 9.54. The average Bonchev–Trinajstić information content (AvgIpc) is 3.30. The molecule has 0 saturated carbocycles. The van der Waals surface area contributed by atoms with E-state index < -0.39 is 0 Å². The van der Waals surface area contributed by atoms with Crippen molar-refractivity contribution in [1.29, 1.82) is 0 Å². The van der Waals surface area contributed by atoms with Gasteiger partial charge in [-0.05, 0) is 43.4 Å². The van der Waals surface area contributed by atoms with Gasteiger partial charge in [-0.2, -0.15) is 0 Å². The van der Waals surface area contributed by atoms with Crippen LogP contribution in [-0.4, -0.2) is 51.4 Å². The van der Waals surface area contributed by atoms with Crippen LogP contribution in [0.5, 0.6) is 0 Å². The molecule has 3 aromatic heterocycles. The maximum Gasteiger partial charge on any atom is 0.253 e. The number of likely N-dealkylation sites (tertiary alicyclic amines) is 1. The first kappa shape index (κ1) is 16.2. The first-order valence-electron chi connectivity index (χ1n) is 8.66. The molecule has 1 saturated heterocycles. The standard InChI is InChI=1S/C18H21N5OS/c1-2-23-9-3-5-12(11-23)20-18(24)13-7-8-19-17-15(13)21-16(22-17)14-6-4-10-25-14/h4,6-8,10,12H,2-3,5,9,11H2,1H3,(H,20,24)(H,19,21,22). The molecule has 0 aliphatic carbocycles. The van der Waals surface area contributed by atoms with Crippen LogP contribution in [-0.2, 0) is 0 Å². The fourth-order valence-corrected chi connectivity index (χ4v) is 4.02. The zero-order valence-corrected chi connectivity index (χ0v) is 15.0. The van der Waals surface area contributed by atoms with Crippen LogP contribution in [0.25, 0.3) is 21.9 Å². The van der Waals surface area contributed by atoms with Crippen molar-refractivity contribution in [1.82, 2.24) is 25.2 Å². The van der Waals surface area contributed by atoms with E-state index >= 15 is 0 Å². The quantitative estimate of drug-likeness (QED) is 0.755. The zero-order chi connectivity index (χ0) is 17.2. The number of amides is 1. The molecule has 0 aromatic carbocycles. The molecule has 6 nitrogen and oxygen atoms in total. The number of aromatic nitrogens is 3. The second-order valence-electron chi connectivity index (χ2n) is 6.33. The van der Waals surface area contributed by atoms with Crippen molar-refractivity contribution in [2.24, 2.45) is 0 Å². The van der Waals surface area contributed by atoms with Crippen molar-refractivity contribution in [2.45, 2.75) is 25.8 Å². The lowest BCUT2D eigenvalue weighted by molar-refractivity contribution is 0.0907. The van der Waals surface area contributed by atoms with Crippen molar-refractivity contribution >= 4 is 28.4 Å². The zero-order valence-electron chi connectivity index (χ0n) is 14.2. The smallest absolute Gasteiger partial charge is 0.253 e. The number of carbonyl (C=O) groups is 1. The van der Waals surface area contributed by atoms with E-state index in [0.717, 1.165) is 43.2 Å². The molecule has 7 heteroatoms. The molecule has 1 fully saturated rings. The number of carbonyl (C=O) groups excluding carboxylic acids is 1. The number of fused-ring (bicyclic) bond motifs is 1. The molecule has 130 valence electrons. The Kier molecular flexibility index (Phi) is 4.50. The average molecular weight is 355 g/mol. The number of H-pyrrole nitrogens is 1. The highest BCUT2D eigenvalue weighted by molar-refractivity contribution is 7.13. The third-order valence-electron chi connectivity index (χ3n) is 4.68. The van der Waals surface area contributed by atoms with E-state index in [-0.39, 0.29) is 11.9 Å². The summed E-state index contributed by atoms with van der Waals surface area (Å²) in [6, 6.07) is 5.94. The Balaban J connectivity index is 1.59. The topological polar surface area (TPSA) is 73.9 Å². The number of piperidine rings is 1. The normalized spacial score (nSPS) is 18.5. The number of aromatic amines is 1. The van der Waals surface area contributed by atoms with Gasteiger partial charge in [0.05, 0.1) is 16.0 Å². The summed E-state index contributed by atoms with van der Waals surface area (Å²) in [5, 5.41) is 5.19.